The Morgan fingerprint density at radius 2 is 2.06 bits per heavy atom. The fraction of sp³-hybridized carbons (Fsp3) is 0.385. The Balaban J connectivity index is 2.45. The predicted octanol–water partition coefficient (Wildman–Crippen LogP) is 1.91. The van der Waals surface area contributed by atoms with Crippen LogP contribution in [-0.2, 0) is 6.54 Å². The van der Waals surface area contributed by atoms with E-state index in [9.17, 15) is 0 Å². The standard InChI is InChI=1S/C13H18N4/c1-9-10(2)16-17(11(9)3)13-7-12(8-14-4)5-6-15-13/h5-7,14H,8H2,1-4H3. The van der Waals surface area contributed by atoms with E-state index < -0.39 is 0 Å². The molecule has 0 aliphatic heterocycles. The van der Waals surface area contributed by atoms with Gasteiger partial charge in [-0.2, -0.15) is 5.10 Å². The van der Waals surface area contributed by atoms with Crippen molar-refractivity contribution in [2.75, 3.05) is 7.05 Å². The molecular formula is C13H18N4. The fourth-order valence-corrected chi connectivity index (χ4v) is 1.83. The smallest absolute Gasteiger partial charge is 0.153 e. The van der Waals surface area contributed by atoms with Gasteiger partial charge in [-0.05, 0) is 51.1 Å². The van der Waals surface area contributed by atoms with Crippen molar-refractivity contribution in [3.63, 3.8) is 0 Å². The highest BCUT2D eigenvalue weighted by atomic mass is 15.3. The summed E-state index contributed by atoms with van der Waals surface area (Å²) in [6.07, 6.45) is 1.83. The van der Waals surface area contributed by atoms with Crippen LogP contribution >= 0.6 is 0 Å². The summed E-state index contributed by atoms with van der Waals surface area (Å²) < 4.78 is 1.91. The summed E-state index contributed by atoms with van der Waals surface area (Å²) in [5.41, 5.74) is 4.65. The highest BCUT2D eigenvalue weighted by Gasteiger charge is 2.09. The summed E-state index contributed by atoms with van der Waals surface area (Å²) in [5, 5.41) is 7.65. The van der Waals surface area contributed by atoms with Gasteiger partial charge in [0.25, 0.3) is 0 Å². The van der Waals surface area contributed by atoms with Crippen LogP contribution in [0.3, 0.4) is 0 Å². The van der Waals surface area contributed by atoms with E-state index in [2.05, 4.69) is 35.3 Å². The van der Waals surface area contributed by atoms with E-state index in [1.54, 1.807) is 0 Å². The number of nitrogens with one attached hydrogen (secondary N) is 1. The second-order valence-corrected chi connectivity index (χ2v) is 4.26. The van der Waals surface area contributed by atoms with Crippen molar-refractivity contribution >= 4 is 0 Å². The molecule has 0 atom stereocenters. The van der Waals surface area contributed by atoms with E-state index in [4.69, 9.17) is 0 Å². The van der Waals surface area contributed by atoms with E-state index in [0.29, 0.717) is 0 Å². The van der Waals surface area contributed by atoms with Crippen molar-refractivity contribution in [2.24, 2.45) is 0 Å². The normalized spacial score (nSPS) is 10.8. The zero-order valence-corrected chi connectivity index (χ0v) is 10.8. The van der Waals surface area contributed by atoms with Crippen LogP contribution in [0.15, 0.2) is 18.3 Å². The number of rotatable bonds is 3. The summed E-state index contributed by atoms with van der Waals surface area (Å²) in [4.78, 5) is 4.38. The first-order valence-corrected chi connectivity index (χ1v) is 5.76. The molecule has 0 spiro atoms. The van der Waals surface area contributed by atoms with Gasteiger partial charge < -0.3 is 5.32 Å². The quantitative estimate of drug-likeness (QED) is 0.876. The minimum absolute atomic E-state index is 0.841. The molecule has 0 aliphatic rings. The minimum atomic E-state index is 0.841. The third kappa shape index (κ3) is 2.22. The van der Waals surface area contributed by atoms with Crippen molar-refractivity contribution in [3.8, 4) is 5.82 Å². The number of aromatic nitrogens is 3. The van der Waals surface area contributed by atoms with E-state index >= 15 is 0 Å². The molecule has 0 bridgehead atoms. The third-order valence-corrected chi connectivity index (χ3v) is 3.06. The van der Waals surface area contributed by atoms with Gasteiger partial charge in [0.05, 0.1) is 5.69 Å². The van der Waals surface area contributed by atoms with Gasteiger partial charge in [0.1, 0.15) is 0 Å². The third-order valence-electron chi connectivity index (χ3n) is 3.06. The number of pyridine rings is 1. The van der Waals surface area contributed by atoms with Crippen LogP contribution in [0.4, 0.5) is 0 Å². The maximum Gasteiger partial charge on any atom is 0.153 e. The molecule has 0 unspecified atom stereocenters. The topological polar surface area (TPSA) is 42.7 Å². The van der Waals surface area contributed by atoms with Crippen LogP contribution in [0.25, 0.3) is 5.82 Å². The first kappa shape index (κ1) is 11.8. The molecule has 2 aromatic rings. The van der Waals surface area contributed by atoms with Gasteiger partial charge in [0, 0.05) is 18.4 Å². The number of aryl methyl sites for hydroxylation is 1. The molecule has 0 saturated heterocycles. The van der Waals surface area contributed by atoms with Gasteiger partial charge in [-0.25, -0.2) is 9.67 Å². The highest BCUT2D eigenvalue weighted by molar-refractivity contribution is 5.33. The van der Waals surface area contributed by atoms with Gasteiger partial charge in [0.2, 0.25) is 0 Å². The molecule has 0 aromatic carbocycles. The monoisotopic (exact) mass is 230 g/mol. The van der Waals surface area contributed by atoms with E-state index in [1.165, 1.54) is 11.1 Å². The first-order valence-electron chi connectivity index (χ1n) is 5.76. The lowest BCUT2D eigenvalue weighted by molar-refractivity contribution is 0.785. The maximum absolute atomic E-state index is 4.51. The fourth-order valence-electron chi connectivity index (χ4n) is 1.83. The predicted molar refractivity (Wildman–Crippen MR) is 68.3 cm³/mol. The Hall–Kier alpha value is -1.68. The Morgan fingerprint density at radius 3 is 2.65 bits per heavy atom. The molecule has 17 heavy (non-hydrogen) atoms. The zero-order chi connectivity index (χ0) is 12.4. The lowest BCUT2D eigenvalue weighted by Crippen LogP contribution is -2.07. The average Bonchev–Trinajstić information content (AvgIpc) is 2.58. The summed E-state index contributed by atoms with van der Waals surface area (Å²) in [7, 11) is 1.94. The SMILES string of the molecule is CNCc1ccnc(-n2nc(C)c(C)c2C)c1. The van der Waals surface area contributed by atoms with Gasteiger partial charge in [-0.15, -0.1) is 0 Å². The first-order chi connectivity index (χ1) is 8.13. The van der Waals surface area contributed by atoms with Gasteiger partial charge in [-0.3, -0.25) is 0 Å². The number of nitrogens with zero attached hydrogens (tertiary/aromatic N) is 3. The lowest BCUT2D eigenvalue weighted by atomic mass is 10.2. The highest BCUT2D eigenvalue weighted by Crippen LogP contribution is 2.15. The van der Waals surface area contributed by atoms with Crippen LogP contribution in [0, 0.1) is 20.8 Å². The van der Waals surface area contributed by atoms with Crippen LogP contribution in [0.1, 0.15) is 22.5 Å². The molecular weight excluding hydrogens is 212 g/mol. The average molecular weight is 230 g/mol. The molecule has 2 aromatic heterocycles. The minimum Gasteiger partial charge on any atom is -0.316 e. The molecule has 90 valence electrons. The lowest BCUT2D eigenvalue weighted by Gasteiger charge is -2.06. The molecule has 0 radical (unpaired) electrons. The van der Waals surface area contributed by atoms with Crippen molar-refractivity contribution in [2.45, 2.75) is 27.3 Å². The van der Waals surface area contributed by atoms with Crippen LogP contribution in [0.2, 0.25) is 0 Å². The largest absolute Gasteiger partial charge is 0.316 e. The Bertz CT molecular complexity index is 528. The molecule has 0 amide bonds. The molecule has 2 rings (SSSR count). The summed E-state index contributed by atoms with van der Waals surface area (Å²) >= 11 is 0. The Labute approximate surface area is 102 Å². The van der Waals surface area contributed by atoms with Crippen LogP contribution in [-0.4, -0.2) is 21.8 Å². The van der Waals surface area contributed by atoms with Crippen molar-refractivity contribution < 1.29 is 0 Å². The van der Waals surface area contributed by atoms with Crippen LogP contribution in [0.5, 0.6) is 0 Å². The molecule has 1 N–H and O–H groups in total. The molecule has 4 nitrogen and oxygen atoms in total. The summed E-state index contributed by atoms with van der Waals surface area (Å²) in [6.45, 7) is 7.03. The maximum atomic E-state index is 4.51. The molecule has 0 saturated carbocycles. The number of hydrogen-bond acceptors (Lipinski definition) is 3. The van der Waals surface area contributed by atoms with Gasteiger partial charge >= 0.3 is 0 Å². The van der Waals surface area contributed by atoms with Crippen molar-refractivity contribution in [1.29, 1.82) is 0 Å². The summed E-state index contributed by atoms with van der Waals surface area (Å²) in [6, 6.07) is 4.08. The van der Waals surface area contributed by atoms with Crippen molar-refractivity contribution in [3.05, 3.63) is 40.8 Å². The van der Waals surface area contributed by atoms with Crippen molar-refractivity contribution in [1.82, 2.24) is 20.1 Å². The van der Waals surface area contributed by atoms with E-state index in [1.807, 2.05) is 30.9 Å². The van der Waals surface area contributed by atoms with Gasteiger partial charge in [0.15, 0.2) is 5.82 Å². The summed E-state index contributed by atoms with van der Waals surface area (Å²) in [5.74, 6) is 0.881. The Kier molecular flexibility index (Phi) is 3.24. The second kappa shape index (κ2) is 4.67. The van der Waals surface area contributed by atoms with E-state index in [-0.39, 0.29) is 0 Å². The zero-order valence-electron chi connectivity index (χ0n) is 10.8. The molecule has 0 fully saturated rings. The number of hydrogen-bond donors (Lipinski definition) is 1. The Morgan fingerprint density at radius 1 is 1.29 bits per heavy atom. The molecule has 2 heterocycles. The van der Waals surface area contributed by atoms with Crippen LogP contribution < -0.4 is 5.32 Å². The van der Waals surface area contributed by atoms with Gasteiger partial charge in [-0.1, -0.05) is 0 Å². The second-order valence-electron chi connectivity index (χ2n) is 4.26. The van der Waals surface area contributed by atoms with E-state index in [0.717, 1.165) is 23.8 Å². The molecule has 0 aliphatic carbocycles. The molecule has 4 heteroatoms.